The summed E-state index contributed by atoms with van der Waals surface area (Å²) in [6, 6.07) is 6.92. The molecule has 4 nitrogen and oxygen atoms in total. The molecule has 0 aromatic heterocycles. The molecule has 0 saturated heterocycles. The quantitative estimate of drug-likeness (QED) is 0.841. The van der Waals surface area contributed by atoms with Crippen LogP contribution in [-0.2, 0) is 11.2 Å². The normalized spacial score (nSPS) is 13.8. The molecule has 0 fully saturated rings. The van der Waals surface area contributed by atoms with Crippen molar-refractivity contribution in [2.75, 3.05) is 6.54 Å². The molecule has 1 aromatic carbocycles. The number of halogens is 1. The van der Waals surface area contributed by atoms with Crippen molar-refractivity contribution in [1.82, 2.24) is 5.32 Å². The largest absolute Gasteiger partial charge is 0.479 e. The maximum atomic E-state index is 14.2. The van der Waals surface area contributed by atoms with Crippen LogP contribution in [0.15, 0.2) is 24.3 Å². The summed E-state index contributed by atoms with van der Waals surface area (Å²) >= 11 is 0. The second kappa shape index (κ2) is 6.50. The average Bonchev–Trinajstić information content (AvgIpc) is 2.43. The molecule has 0 heterocycles. The van der Waals surface area contributed by atoms with Crippen molar-refractivity contribution in [3.8, 4) is 0 Å². The number of rotatable bonds is 6. The Balaban J connectivity index is 2.73. The summed E-state index contributed by atoms with van der Waals surface area (Å²) in [6.45, 7) is 4.39. The van der Waals surface area contributed by atoms with Crippen molar-refractivity contribution < 1.29 is 19.1 Å². The van der Waals surface area contributed by atoms with E-state index in [1.54, 1.807) is 12.1 Å². The number of hydrogen-bond donors (Lipinski definition) is 2. The molecule has 1 unspecified atom stereocenters. The molecule has 1 aromatic rings. The van der Waals surface area contributed by atoms with Gasteiger partial charge in [-0.25, -0.2) is 9.18 Å². The first-order valence-corrected chi connectivity index (χ1v) is 6.60. The summed E-state index contributed by atoms with van der Waals surface area (Å²) in [7, 11) is 0. The highest BCUT2D eigenvalue weighted by Crippen LogP contribution is 2.21. The van der Waals surface area contributed by atoms with Crippen LogP contribution < -0.4 is 5.32 Å². The minimum Gasteiger partial charge on any atom is -0.479 e. The van der Waals surface area contributed by atoms with Crippen LogP contribution in [0.2, 0.25) is 0 Å². The molecule has 1 amide bonds. The van der Waals surface area contributed by atoms with Gasteiger partial charge in [0, 0.05) is 11.5 Å². The highest BCUT2D eigenvalue weighted by atomic mass is 19.1. The summed E-state index contributed by atoms with van der Waals surface area (Å²) in [4.78, 5) is 22.8. The smallest absolute Gasteiger partial charge is 0.343 e. The van der Waals surface area contributed by atoms with E-state index >= 15 is 0 Å². The van der Waals surface area contributed by atoms with Gasteiger partial charge in [-0.1, -0.05) is 32.9 Å². The Morgan fingerprint density at radius 2 is 1.85 bits per heavy atom. The molecule has 5 heteroatoms. The second-order valence-electron chi connectivity index (χ2n) is 5.06. The van der Waals surface area contributed by atoms with E-state index in [2.05, 4.69) is 5.32 Å². The minimum absolute atomic E-state index is 0.388. The molecule has 0 radical (unpaired) electrons. The first-order chi connectivity index (χ1) is 9.31. The third kappa shape index (κ3) is 3.56. The molecule has 20 heavy (non-hydrogen) atoms. The number of carboxylic acid groups (broad SMARTS) is 1. The van der Waals surface area contributed by atoms with Gasteiger partial charge in [0.1, 0.15) is 0 Å². The lowest BCUT2D eigenvalue weighted by Crippen LogP contribution is -2.49. The standard InChI is InChI=1S/C15H20FNO3/c1-4-11-5-7-12(8-6-11)13(18)17-9-15(16,10(2)3)14(19)20/h5-8,10H,4,9H2,1-3H3,(H,17,18)(H,19,20). The maximum Gasteiger partial charge on any atom is 0.343 e. The van der Waals surface area contributed by atoms with Gasteiger partial charge in [-0.3, -0.25) is 4.79 Å². The zero-order chi connectivity index (χ0) is 15.3. The molecule has 0 spiro atoms. The van der Waals surface area contributed by atoms with Crippen molar-refractivity contribution in [3.63, 3.8) is 0 Å². The van der Waals surface area contributed by atoms with Crippen LogP contribution in [0.4, 0.5) is 4.39 Å². The zero-order valence-electron chi connectivity index (χ0n) is 11.9. The fraction of sp³-hybridized carbons (Fsp3) is 0.467. The number of alkyl halides is 1. The predicted octanol–water partition coefficient (Wildman–Crippen LogP) is 2.43. The minimum atomic E-state index is -2.46. The Morgan fingerprint density at radius 1 is 1.30 bits per heavy atom. The number of carboxylic acids is 1. The number of nitrogens with one attached hydrogen (secondary N) is 1. The average molecular weight is 281 g/mol. The fourth-order valence-electron chi connectivity index (χ4n) is 1.73. The third-order valence-corrected chi connectivity index (χ3v) is 3.40. The van der Waals surface area contributed by atoms with Crippen LogP contribution in [0.1, 0.15) is 36.7 Å². The van der Waals surface area contributed by atoms with Gasteiger partial charge in [0.05, 0.1) is 6.54 Å². The van der Waals surface area contributed by atoms with Crippen LogP contribution in [-0.4, -0.2) is 29.2 Å². The number of carbonyl (C=O) groups is 2. The highest BCUT2D eigenvalue weighted by Gasteiger charge is 2.42. The molecule has 1 atom stereocenters. The highest BCUT2D eigenvalue weighted by molar-refractivity contribution is 5.94. The number of aliphatic carboxylic acids is 1. The zero-order valence-corrected chi connectivity index (χ0v) is 11.9. The molecule has 110 valence electrons. The van der Waals surface area contributed by atoms with Gasteiger partial charge < -0.3 is 10.4 Å². The monoisotopic (exact) mass is 281 g/mol. The van der Waals surface area contributed by atoms with E-state index in [9.17, 15) is 14.0 Å². The van der Waals surface area contributed by atoms with Crippen LogP contribution >= 0.6 is 0 Å². The predicted molar refractivity (Wildman–Crippen MR) is 74.5 cm³/mol. The number of aryl methyl sites for hydroxylation is 1. The van der Waals surface area contributed by atoms with Crippen molar-refractivity contribution >= 4 is 11.9 Å². The fourth-order valence-corrected chi connectivity index (χ4v) is 1.73. The van der Waals surface area contributed by atoms with E-state index in [0.29, 0.717) is 5.56 Å². The van der Waals surface area contributed by atoms with Crippen molar-refractivity contribution in [2.45, 2.75) is 32.9 Å². The molecular weight excluding hydrogens is 261 g/mol. The van der Waals surface area contributed by atoms with Gasteiger partial charge in [0.15, 0.2) is 0 Å². The Labute approximate surface area is 118 Å². The summed E-state index contributed by atoms with van der Waals surface area (Å²) in [5, 5.41) is 11.3. The molecule has 1 rings (SSSR count). The third-order valence-electron chi connectivity index (χ3n) is 3.40. The molecular formula is C15H20FNO3. The number of amides is 1. The van der Waals surface area contributed by atoms with Gasteiger partial charge in [0.2, 0.25) is 5.67 Å². The number of hydrogen-bond acceptors (Lipinski definition) is 2. The molecule has 0 aliphatic heterocycles. The maximum absolute atomic E-state index is 14.2. The molecule has 0 aliphatic carbocycles. The Kier molecular flexibility index (Phi) is 5.25. The van der Waals surface area contributed by atoms with E-state index in [0.717, 1.165) is 12.0 Å². The van der Waals surface area contributed by atoms with Crippen LogP contribution in [0, 0.1) is 5.92 Å². The molecule has 0 aliphatic rings. The Morgan fingerprint density at radius 3 is 2.25 bits per heavy atom. The topological polar surface area (TPSA) is 66.4 Å². The lowest BCUT2D eigenvalue weighted by Gasteiger charge is -2.24. The van der Waals surface area contributed by atoms with E-state index in [-0.39, 0.29) is 0 Å². The SMILES string of the molecule is CCc1ccc(C(=O)NCC(F)(C(=O)O)C(C)C)cc1. The number of benzene rings is 1. The van der Waals surface area contributed by atoms with Gasteiger partial charge in [-0.2, -0.15) is 0 Å². The summed E-state index contributed by atoms with van der Waals surface area (Å²) in [5.74, 6) is -2.77. The lowest BCUT2D eigenvalue weighted by molar-refractivity contribution is -0.153. The van der Waals surface area contributed by atoms with E-state index in [1.807, 2.05) is 19.1 Å². The van der Waals surface area contributed by atoms with Gasteiger partial charge in [-0.15, -0.1) is 0 Å². The van der Waals surface area contributed by atoms with Crippen molar-refractivity contribution in [2.24, 2.45) is 5.92 Å². The Bertz CT molecular complexity index is 484. The van der Waals surface area contributed by atoms with E-state index in [1.165, 1.54) is 13.8 Å². The van der Waals surface area contributed by atoms with Gasteiger partial charge >= 0.3 is 5.97 Å². The summed E-state index contributed by atoms with van der Waals surface area (Å²) < 4.78 is 14.2. The van der Waals surface area contributed by atoms with Gasteiger partial charge in [0.25, 0.3) is 5.91 Å². The molecule has 0 bridgehead atoms. The molecule has 0 saturated carbocycles. The van der Waals surface area contributed by atoms with Crippen LogP contribution in [0.5, 0.6) is 0 Å². The van der Waals surface area contributed by atoms with E-state index in [4.69, 9.17) is 5.11 Å². The van der Waals surface area contributed by atoms with Crippen molar-refractivity contribution in [3.05, 3.63) is 35.4 Å². The summed E-state index contributed by atoms with van der Waals surface area (Å²) in [5.41, 5.74) is -0.980. The Hall–Kier alpha value is -1.91. The van der Waals surface area contributed by atoms with Crippen molar-refractivity contribution in [1.29, 1.82) is 0 Å². The summed E-state index contributed by atoms with van der Waals surface area (Å²) in [6.07, 6.45) is 0.863. The first-order valence-electron chi connectivity index (χ1n) is 6.60. The van der Waals surface area contributed by atoms with Crippen LogP contribution in [0.25, 0.3) is 0 Å². The second-order valence-corrected chi connectivity index (χ2v) is 5.06. The molecule has 2 N–H and O–H groups in total. The lowest BCUT2D eigenvalue weighted by atomic mass is 9.92. The first kappa shape index (κ1) is 16.1. The van der Waals surface area contributed by atoms with Crippen LogP contribution in [0.3, 0.4) is 0 Å². The van der Waals surface area contributed by atoms with E-state index < -0.39 is 30.0 Å². The van der Waals surface area contributed by atoms with Gasteiger partial charge in [-0.05, 0) is 24.1 Å². The number of carbonyl (C=O) groups excluding carboxylic acids is 1.